The lowest BCUT2D eigenvalue weighted by atomic mass is 10.0. The number of aldehydes is 1. The predicted molar refractivity (Wildman–Crippen MR) is 74.3 cm³/mol. The van der Waals surface area contributed by atoms with E-state index < -0.39 is 11.6 Å². The highest BCUT2D eigenvalue weighted by atomic mass is 19.1. The van der Waals surface area contributed by atoms with Gasteiger partial charge in [-0.2, -0.15) is 0 Å². The van der Waals surface area contributed by atoms with Crippen LogP contribution < -0.4 is 4.74 Å². The lowest BCUT2D eigenvalue weighted by molar-refractivity contribution is 0.0198. The Morgan fingerprint density at radius 3 is 2.43 bits per heavy atom. The van der Waals surface area contributed by atoms with Crippen LogP contribution >= 0.6 is 0 Å². The monoisotopic (exact) mass is 292 g/mol. The summed E-state index contributed by atoms with van der Waals surface area (Å²) in [7, 11) is 0. The molecule has 0 amide bonds. The average molecular weight is 292 g/mol. The number of hydrogen-bond donors (Lipinski definition) is 0. The third-order valence-electron chi connectivity index (χ3n) is 2.90. The maximum absolute atomic E-state index is 14.5. The van der Waals surface area contributed by atoms with Gasteiger partial charge < -0.3 is 9.47 Å². The van der Waals surface area contributed by atoms with Gasteiger partial charge in [0.2, 0.25) is 0 Å². The van der Waals surface area contributed by atoms with Crippen molar-refractivity contribution >= 4 is 6.29 Å². The van der Waals surface area contributed by atoms with Crippen molar-refractivity contribution in [1.29, 1.82) is 0 Å². The molecule has 21 heavy (non-hydrogen) atoms. The molecule has 0 aliphatic rings. The maximum atomic E-state index is 14.5. The molecule has 0 fully saturated rings. The fraction of sp³-hybridized carbons (Fsp3) is 0.188. The van der Waals surface area contributed by atoms with E-state index in [9.17, 15) is 13.6 Å². The Hall–Kier alpha value is -2.27. The van der Waals surface area contributed by atoms with E-state index in [0.717, 1.165) is 0 Å². The number of carbonyl (C=O) groups excluding carboxylic acids is 1. The lowest BCUT2D eigenvalue weighted by Crippen LogP contribution is -2.06. The van der Waals surface area contributed by atoms with Crippen molar-refractivity contribution in [2.75, 3.05) is 13.4 Å². The average Bonchev–Trinajstić information content (AvgIpc) is 2.50. The molecule has 0 saturated heterocycles. The second kappa shape index (κ2) is 6.95. The van der Waals surface area contributed by atoms with Crippen molar-refractivity contribution in [2.45, 2.75) is 6.92 Å². The standard InChI is InChI=1S/C16H14F2O3/c1-2-20-10-21-16-12(9-19)5-8-14(15(16)18)11-3-6-13(17)7-4-11/h3-9H,2,10H2,1H3. The Morgan fingerprint density at radius 1 is 1.10 bits per heavy atom. The first-order valence-corrected chi connectivity index (χ1v) is 6.41. The second-order valence-electron chi connectivity index (χ2n) is 4.23. The van der Waals surface area contributed by atoms with Crippen molar-refractivity contribution in [3.05, 3.63) is 53.6 Å². The Bertz CT molecular complexity index is 624. The number of hydrogen-bond acceptors (Lipinski definition) is 3. The van der Waals surface area contributed by atoms with Gasteiger partial charge in [-0.3, -0.25) is 4.79 Å². The van der Waals surface area contributed by atoms with Crippen LogP contribution in [0, 0.1) is 11.6 Å². The third kappa shape index (κ3) is 3.44. The molecule has 2 rings (SSSR count). The summed E-state index contributed by atoms with van der Waals surface area (Å²) in [6.45, 7) is 2.03. The van der Waals surface area contributed by atoms with Gasteiger partial charge in [0.1, 0.15) is 5.82 Å². The van der Waals surface area contributed by atoms with Crippen LogP contribution in [0.25, 0.3) is 11.1 Å². The Labute approximate surface area is 121 Å². The van der Waals surface area contributed by atoms with Gasteiger partial charge in [-0.25, -0.2) is 8.78 Å². The third-order valence-corrected chi connectivity index (χ3v) is 2.90. The zero-order chi connectivity index (χ0) is 15.2. The Kier molecular flexibility index (Phi) is 5.00. The zero-order valence-electron chi connectivity index (χ0n) is 11.4. The van der Waals surface area contributed by atoms with E-state index in [4.69, 9.17) is 9.47 Å². The van der Waals surface area contributed by atoms with Gasteiger partial charge in [0.15, 0.2) is 24.6 Å². The number of rotatable bonds is 6. The first kappa shape index (κ1) is 15.1. The molecule has 2 aromatic rings. The minimum absolute atomic E-state index is 0.0954. The van der Waals surface area contributed by atoms with E-state index >= 15 is 0 Å². The summed E-state index contributed by atoms with van der Waals surface area (Å²) >= 11 is 0. The normalized spacial score (nSPS) is 10.4. The summed E-state index contributed by atoms with van der Waals surface area (Å²) in [5, 5.41) is 0. The van der Waals surface area contributed by atoms with Crippen LogP contribution in [-0.2, 0) is 4.74 Å². The van der Waals surface area contributed by atoms with Crippen LogP contribution in [0.2, 0.25) is 0 Å². The van der Waals surface area contributed by atoms with Crippen LogP contribution in [-0.4, -0.2) is 19.7 Å². The van der Waals surface area contributed by atoms with Gasteiger partial charge in [-0.05, 0) is 30.7 Å². The molecule has 0 aliphatic heterocycles. The van der Waals surface area contributed by atoms with Gasteiger partial charge in [0.25, 0.3) is 0 Å². The van der Waals surface area contributed by atoms with Crippen LogP contribution in [0.3, 0.4) is 0 Å². The van der Waals surface area contributed by atoms with E-state index in [1.807, 2.05) is 0 Å². The summed E-state index contributed by atoms with van der Waals surface area (Å²) in [6, 6.07) is 8.31. The van der Waals surface area contributed by atoms with Gasteiger partial charge in [-0.15, -0.1) is 0 Å². The number of halogens is 2. The molecule has 0 radical (unpaired) electrons. The molecule has 3 nitrogen and oxygen atoms in total. The fourth-order valence-electron chi connectivity index (χ4n) is 1.85. The molecule has 0 N–H and O–H groups in total. The first-order valence-electron chi connectivity index (χ1n) is 6.41. The molecule has 0 aliphatic carbocycles. The van der Waals surface area contributed by atoms with E-state index in [1.165, 1.54) is 36.4 Å². The van der Waals surface area contributed by atoms with Crippen molar-refractivity contribution < 1.29 is 23.0 Å². The highest BCUT2D eigenvalue weighted by molar-refractivity contribution is 5.82. The second-order valence-corrected chi connectivity index (χ2v) is 4.23. The van der Waals surface area contributed by atoms with Gasteiger partial charge in [0, 0.05) is 12.2 Å². The molecule has 2 aromatic carbocycles. The van der Waals surface area contributed by atoms with E-state index in [1.54, 1.807) is 6.92 Å². The minimum Gasteiger partial charge on any atom is -0.464 e. The summed E-state index contributed by atoms with van der Waals surface area (Å²) in [5.41, 5.74) is 0.817. The molecule has 0 spiro atoms. The summed E-state index contributed by atoms with van der Waals surface area (Å²) in [6.07, 6.45) is 0.513. The molecule has 0 saturated carbocycles. The molecular weight excluding hydrogens is 278 g/mol. The van der Waals surface area contributed by atoms with E-state index in [-0.39, 0.29) is 23.7 Å². The van der Waals surface area contributed by atoms with Crippen molar-refractivity contribution in [2.24, 2.45) is 0 Å². The largest absolute Gasteiger partial charge is 0.464 e. The highest BCUT2D eigenvalue weighted by Gasteiger charge is 2.16. The van der Waals surface area contributed by atoms with Gasteiger partial charge in [0.05, 0.1) is 5.56 Å². The molecule has 0 aromatic heterocycles. The molecule has 0 bridgehead atoms. The number of carbonyl (C=O) groups is 1. The van der Waals surface area contributed by atoms with Gasteiger partial charge >= 0.3 is 0 Å². The fourth-order valence-corrected chi connectivity index (χ4v) is 1.85. The first-order chi connectivity index (χ1) is 10.2. The van der Waals surface area contributed by atoms with Crippen LogP contribution in [0.5, 0.6) is 5.75 Å². The summed E-state index contributed by atoms with van der Waals surface area (Å²) in [4.78, 5) is 11.0. The van der Waals surface area contributed by atoms with Crippen molar-refractivity contribution in [3.63, 3.8) is 0 Å². The lowest BCUT2D eigenvalue weighted by Gasteiger charge is -2.12. The molecule has 110 valence electrons. The molecule has 0 unspecified atom stereocenters. The minimum atomic E-state index is -0.675. The zero-order valence-corrected chi connectivity index (χ0v) is 11.4. The SMILES string of the molecule is CCOCOc1c(C=O)ccc(-c2ccc(F)cc2)c1F. The van der Waals surface area contributed by atoms with Crippen molar-refractivity contribution in [1.82, 2.24) is 0 Å². The number of benzene rings is 2. The summed E-state index contributed by atoms with van der Waals surface area (Å²) < 4.78 is 37.6. The predicted octanol–water partition coefficient (Wildman–Crippen LogP) is 3.82. The topological polar surface area (TPSA) is 35.5 Å². The van der Waals surface area contributed by atoms with Crippen LogP contribution in [0.4, 0.5) is 8.78 Å². The molecule has 5 heteroatoms. The van der Waals surface area contributed by atoms with Crippen LogP contribution in [0.1, 0.15) is 17.3 Å². The molecular formula is C16H14F2O3. The highest BCUT2D eigenvalue weighted by Crippen LogP contribution is 2.31. The maximum Gasteiger partial charge on any atom is 0.189 e. The van der Waals surface area contributed by atoms with Crippen molar-refractivity contribution in [3.8, 4) is 16.9 Å². The smallest absolute Gasteiger partial charge is 0.189 e. The van der Waals surface area contributed by atoms with Crippen LogP contribution in [0.15, 0.2) is 36.4 Å². The quantitative estimate of drug-likeness (QED) is 0.461. The van der Waals surface area contributed by atoms with E-state index in [0.29, 0.717) is 18.5 Å². The van der Waals surface area contributed by atoms with Gasteiger partial charge in [-0.1, -0.05) is 18.2 Å². The Morgan fingerprint density at radius 2 is 1.81 bits per heavy atom. The number of ether oxygens (including phenoxy) is 2. The molecule has 0 heterocycles. The molecule has 0 atom stereocenters. The van der Waals surface area contributed by atoms with E-state index in [2.05, 4.69) is 0 Å². The Balaban J connectivity index is 2.41. The summed E-state index contributed by atoms with van der Waals surface area (Å²) in [5.74, 6) is -1.25.